The van der Waals surface area contributed by atoms with Crippen LogP contribution in [0.1, 0.15) is 84.0 Å². The molecule has 0 aromatic heterocycles. The summed E-state index contributed by atoms with van der Waals surface area (Å²) in [6.45, 7) is 2.29. The van der Waals surface area contributed by atoms with Crippen LogP contribution in [-0.4, -0.2) is 20.4 Å². The van der Waals surface area contributed by atoms with Gasteiger partial charge in [0.15, 0.2) is 0 Å². The SMILES string of the molecule is CCCCCCCCCCCCCCP.COC. The van der Waals surface area contributed by atoms with Crippen LogP contribution < -0.4 is 0 Å². The molecular weight excluding hydrogens is 239 g/mol. The van der Waals surface area contributed by atoms with Gasteiger partial charge in [0.05, 0.1) is 0 Å². The van der Waals surface area contributed by atoms with E-state index in [0.717, 1.165) is 0 Å². The fourth-order valence-corrected chi connectivity index (χ4v) is 2.27. The molecule has 0 aliphatic heterocycles. The zero-order valence-corrected chi connectivity index (χ0v) is 14.3. The smallest absolute Gasteiger partial charge is 0.0351 e. The summed E-state index contributed by atoms with van der Waals surface area (Å²) in [5.41, 5.74) is 0. The van der Waals surface area contributed by atoms with Crippen LogP contribution in [0, 0.1) is 0 Å². The zero-order chi connectivity index (χ0) is 13.9. The normalized spacial score (nSPS) is 10.0. The Morgan fingerprint density at radius 1 is 0.611 bits per heavy atom. The van der Waals surface area contributed by atoms with Crippen molar-refractivity contribution in [2.75, 3.05) is 20.4 Å². The molecule has 0 aromatic carbocycles. The average molecular weight is 276 g/mol. The summed E-state index contributed by atoms with van der Waals surface area (Å²) in [4.78, 5) is 0. The van der Waals surface area contributed by atoms with E-state index in [0.29, 0.717) is 0 Å². The van der Waals surface area contributed by atoms with Crippen LogP contribution in [-0.2, 0) is 4.74 Å². The Bertz CT molecular complexity index is 106. The van der Waals surface area contributed by atoms with Gasteiger partial charge in [-0.05, 0) is 12.6 Å². The highest BCUT2D eigenvalue weighted by Gasteiger charge is 1.92. The van der Waals surface area contributed by atoms with Crippen molar-refractivity contribution in [2.45, 2.75) is 84.0 Å². The van der Waals surface area contributed by atoms with Gasteiger partial charge in [-0.2, -0.15) is 0 Å². The summed E-state index contributed by atoms with van der Waals surface area (Å²) in [5, 5.41) is 0. The van der Waals surface area contributed by atoms with E-state index in [4.69, 9.17) is 0 Å². The van der Waals surface area contributed by atoms with Crippen LogP contribution in [0.5, 0.6) is 0 Å². The zero-order valence-electron chi connectivity index (χ0n) is 13.2. The fourth-order valence-electron chi connectivity index (χ4n) is 1.99. The van der Waals surface area contributed by atoms with Crippen molar-refractivity contribution in [3.8, 4) is 0 Å². The van der Waals surface area contributed by atoms with Gasteiger partial charge in [-0.25, -0.2) is 0 Å². The minimum Gasteiger partial charge on any atom is -0.388 e. The van der Waals surface area contributed by atoms with E-state index in [1.165, 1.54) is 83.2 Å². The number of ether oxygens (including phenoxy) is 1. The lowest BCUT2D eigenvalue weighted by atomic mass is 10.1. The molecule has 0 N–H and O–H groups in total. The maximum absolute atomic E-state index is 4.25. The highest BCUT2D eigenvalue weighted by atomic mass is 31.0. The third kappa shape index (κ3) is 25.3. The van der Waals surface area contributed by atoms with Crippen molar-refractivity contribution >= 4 is 9.24 Å². The molecule has 0 rings (SSSR count). The summed E-state index contributed by atoms with van der Waals surface area (Å²) in [7, 11) is 6.06. The minimum absolute atomic E-state index is 1.29. The molecule has 0 saturated carbocycles. The minimum atomic E-state index is 1.29. The number of unbranched alkanes of at least 4 members (excludes halogenated alkanes) is 11. The van der Waals surface area contributed by atoms with Crippen LogP contribution >= 0.6 is 9.24 Å². The van der Waals surface area contributed by atoms with Gasteiger partial charge in [0.1, 0.15) is 0 Å². The summed E-state index contributed by atoms with van der Waals surface area (Å²) in [5.74, 6) is 0. The molecule has 0 radical (unpaired) electrons. The molecule has 2 heteroatoms. The van der Waals surface area contributed by atoms with Crippen molar-refractivity contribution in [2.24, 2.45) is 0 Å². The maximum Gasteiger partial charge on any atom is 0.0351 e. The van der Waals surface area contributed by atoms with E-state index in [-0.39, 0.29) is 0 Å². The quantitative estimate of drug-likeness (QED) is 0.322. The Morgan fingerprint density at radius 3 is 1.17 bits per heavy atom. The molecule has 0 aliphatic rings. The average Bonchev–Trinajstić information content (AvgIpc) is 2.37. The van der Waals surface area contributed by atoms with Gasteiger partial charge in [-0.15, -0.1) is 9.24 Å². The van der Waals surface area contributed by atoms with E-state index in [1.54, 1.807) is 14.2 Å². The highest BCUT2D eigenvalue weighted by Crippen LogP contribution is 2.11. The monoisotopic (exact) mass is 276 g/mol. The van der Waals surface area contributed by atoms with Crippen molar-refractivity contribution in [3.05, 3.63) is 0 Å². The van der Waals surface area contributed by atoms with Crippen molar-refractivity contribution < 1.29 is 4.74 Å². The summed E-state index contributed by atoms with van der Waals surface area (Å²) in [6.07, 6.45) is 18.7. The third-order valence-corrected chi connectivity index (χ3v) is 3.47. The molecule has 0 aromatic rings. The molecule has 0 amide bonds. The van der Waals surface area contributed by atoms with E-state index in [2.05, 4.69) is 20.9 Å². The number of hydrogen-bond donors (Lipinski definition) is 0. The first-order valence-electron chi connectivity index (χ1n) is 7.93. The lowest BCUT2D eigenvalue weighted by Gasteiger charge is -2.01. The Balaban J connectivity index is 0. The molecular formula is C16H37OP. The third-order valence-electron chi connectivity index (χ3n) is 3.06. The second-order valence-electron chi connectivity index (χ2n) is 5.09. The number of rotatable bonds is 12. The molecule has 0 aliphatic carbocycles. The van der Waals surface area contributed by atoms with E-state index >= 15 is 0 Å². The Kier molecular flexibility index (Phi) is 25.9. The van der Waals surface area contributed by atoms with E-state index in [1.807, 2.05) is 0 Å². The first kappa shape index (κ1) is 20.7. The number of hydrogen-bond acceptors (Lipinski definition) is 1. The second kappa shape index (κ2) is 22.6. The molecule has 0 spiro atoms. The molecule has 1 unspecified atom stereocenters. The van der Waals surface area contributed by atoms with Gasteiger partial charge in [0.2, 0.25) is 0 Å². The van der Waals surface area contributed by atoms with Crippen LogP contribution in [0.25, 0.3) is 0 Å². The van der Waals surface area contributed by atoms with Crippen molar-refractivity contribution in [1.82, 2.24) is 0 Å². The Labute approximate surface area is 119 Å². The molecule has 1 atom stereocenters. The van der Waals surface area contributed by atoms with Gasteiger partial charge < -0.3 is 4.74 Å². The molecule has 0 bridgehead atoms. The largest absolute Gasteiger partial charge is 0.388 e. The lowest BCUT2D eigenvalue weighted by molar-refractivity contribution is 0.277. The van der Waals surface area contributed by atoms with Gasteiger partial charge in [0, 0.05) is 14.2 Å². The first-order chi connectivity index (χ1) is 8.83. The standard InChI is InChI=1S/C14H31P.C2H6O/c1-2-3-4-5-6-7-8-9-10-11-12-13-14-15;1-3-2/h2-15H2,1H3;1-2H3. The summed E-state index contributed by atoms with van der Waals surface area (Å²) >= 11 is 0. The predicted molar refractivity (Wildman–Crippen MR) is 88.6 cm³/mol. The first-order valence-corrected chi connectivity index (χ1v) is 8.75. The predicted octanol–water partition coefficient (Wildman–Crippen LogP) is 5.83. The fraction of sp³-hybridized carbons (Fsp3) is 1.00. The lowest BCUT2D eigenvalue weighted by Crippen LogP contribution is -1.82. The van der Waals surface area contributed by atoms with Crippen LogP contribution in [0.15, 0.2) is 0 Å². The maximum atomic E-state index is 4.25. The van der Waals surface area contributed by atoms with Crippen LogP contribution in [0.4, 0.5) is 0 Å². The molecule has 1 nitrogen and oxygen atoms in total. The van der Waals surface area contributed by atoms with Crippen LogP contribution in [0.3, 0.4) is 0 Å². The molecule has 0 fully saturated rings. The summed E-state index contributed by atoms with van der Waals surface area (Å²) in [6, 6.07) is 0. The van der Waals surface area contributed by atoms with Crippen molar-refractivity contribution in [1.29, 1.82) is 0 Å². The molecule has 0 heterocycles. The topological polar surface area (TPSA) is 9.23 Å². The summed E-state index contributed by atoms with van der Waals surface area (Å²) < 4.78 is 4.25. The van der Waals surface area contributed by atoms with Gasteiger partial charge in [-0.1, -0.05) is 77.6 Å². The van der Waals surface area contributed by atoms with E-state index in [9.17, 15) is 0 Å². The highest BCUT2D eigenvalue weighted by molar-refractivity contribution is 7.16. The Morgan fingerprint density at radius 2 is 0.889 bits per heavy atom. The Hall–Kier alpha value is 0.390. The molecule has 18 heavy (non-hydrogen) atoms. The molecule has 112 valence electrons. The van der Waals surface area contributed by atoms with E-state index < -0.39 is 0 Å². The van der Waals surface area contributed by atoms with Gasteiger partial charge in [-0.3, -0.25) is 0 Å². The number of methoxy groups -OCH3 is 1. The second-order valence-corrected chi connectivity index (χ2v) is 5.66. The van der Waals surface area contributed by atoms with Crippen molar-refractivity contribution in [3.63, 3.8) is 0 Å². The molecule has 0 saturated heterocycles. The van der Waals surface area contributed by atoms with Gasteiger partial charge in [0.25, 0.3) is 0 Å². The van der Waals surface area contributed by atoms with Gasteiger partial charge >= 0.3 is 0 Å². The van der Waals surface area contributed by atoms with Crippen LogP contribution in [0.2, 0.25) is 0 Å².